The maximum Gasteiger partial charge on any atom is 0.459 e. The lowest BCUT2D eigenvalue weighted by Gasteiger charge is -2.37. The number of aromatic nitrogens is 4. The molecule has 4 aromatic carbocycles. The van der Waals surface area contributed by atoms with Gasteiger partial charge in [-0.05, 0) is 111 Å². The second-order valence-corrected chi connectivity index (χ2v) is 34.8. The van der Waals surface area contributed by atoms with Crippen LogP contribution in [0.25, 0.3) is 0 Å². The first-order valence-corrected chi connectivity index (χ1v) is 36.6. The summed E-state index contributed by atoms with van der Waals surface area (Å²) in [6.45, 7) is 5.46. The molecule has 0 bridgehead atoms. The molecule has 6 aromatic rings. The second-order valence-electron chi connectivity index (χ2n) is 19.2. The Morgan fingerprint density at radius 1 is 0.761 bits per heavy atom. The van der Waals surface area contributed by atoms with Crippen molar-refractivity contribution in [2.24, 2.45) is 0 Å². The molecule has 17 atom stereocenters. The van der Waals surface area contributed by atoms with E-state index in [-0.39, 0.29) is 18.6 Å². The zero-order valence-corrected chi connectivity index (χ0v) is 55.2. The molecule has 0 amide bonds. The van der Waals surface area contributed by atoms with Crippen molar-refractivity contribution in [1.82, 2.24) is 24.2 Å². The van der Waals surface area contributed by atoms with Gasteiger partial charge in [-0.15, -0.1) is 33.2 Å². The number of carbonyl (C=O) groups is 1. The lowest BCUT2D eigenvalue weighted by atomic mass is 9.77. The highest BCUT2D eigenvalue weighted by Crippen LogP contribution is 2.71. The Kier molecular flexibility index (Phi) is 27.6. The summed E-state index contributed by atoms with van der Waals surface area (Å²) in [6.07, 6.45) is -2.76. The maximum atomic E-state index is 13.6. The van der Waals surface area contributed by atoms with Gasteiger partial charge in [-0.2, -0.15) is 15.1 Å². The van der Waals surface area contributed by atoms with E-state index in [9.17, 15) is 34.3 Å². The highest BCUT2D eigenvalue weighted by atomic mass is 32.8. The Morgan fingerprint density at radius 3 is 1.83 bits per heavy atom. The van der Waals surface area contributed by atoms with Gasteiger partial charge in [0.15, 0.2) is 12.5 Å². The monoisotopic (exact) mass is 1320 g/mol. The van der Waals surface area contributed by atoms with Crippen LogP contribution in [-0.2, 0) is 47.8 Å². The number of nitrogens with zero attached hydrogens (tertiary/aromatic N) is 4. The van der Waals surface area contributed by atoms with Crippen LogP contribution in [0.4, 0.5) is 11.6 Å². The van der Waals surface area contributed by atoms with Crippen LogP contribution in [0.1, 0.15) is 56.8 Å². The number of nitrogen functional groups attached to an aromatic ring is 1. The van der Waals surface area contributed by atoms with Gasteiger partial charge >= 0.3 is 25.1 Å². The van der Waals surface area contributed by atoms with Gasteiger partial charge in [0.2, 0.25) is 0 Å². The van der Waals surface area contributed by atoms with Gasteiger partial charge in [0.25, 0.3) is 6.48 Å². The summed E-state index contributed by atoms with van der Waals surface area (Å²) < 4.78 is 65.7. The molecule has 2 aromatic heterocycles. The summed E-state index contributed by atoms with van der Waals surface area (Å²) in [7, 11) is 9.25. The largest absolute Gasteiger partial charge is 0.497 e. The van der Waals surface area contributed by atoms with Crippen molar-refractivity contribution >= 4 is 67.1 Å². The molecule has 3 saturated heterocycles. The Balaban J connectivity index is 0.000000241. The number of rotatable bonds is 19. The Morgan fingerprint density at radius 2 is 1.31 bits per heavy atom. The van der Waals surface area contributed by atoms with Gasteiger partial charge in [-0.3, -0.25) is 18.5 Å². The first kappa shape index (κ1) is 71.1. The summed E-state index contributed by atoms with van der Waals surface area (Å²) in [5.41, 5.74) is 6.07. The minimum absolute atomic E-state index is 0.0210. The first-order valence-electron chi connectivity index (χ1n) is 26.9. The fourth-order valence-electron chi connectivity index (χ4n) is 9.28. The first-order chi connectivity index (χ1) is 42.2. The third kappa shape index (κ3) is 18.5. The number of methoxy groups -OCH3 is 3. The highest BCUT2D eigenvalue weighted by Gasteiger charge is 2.55. The van der Waals surface area contributed by atoms with Crippen molar-refractivity contribution in [1.29, 1.82) is 0 Å². The van der Waals surface area contributed by atoms with E-state index in [2.05, 4.69) is 81.5 Å². The molecule has 23 nitrogen and oxygen atoms in total. The predicted octanol–water partition coefficient (Wildman–Crippen LogP) is 6.91. The second kappa shape index (κ2) is 34.2. The van der Waals surface area contributed by atoms with Crippen LogP contribution in [0.3, 0.4) is 0 Å². The standard InChI is InChI=1S/C32H33N3O7.C20H27N4O9P.C7H4.H7P5/c1-20(36)26-27-28(42-31(39-3)41-27)29(40-26)35-19-18-25(33-30(35)37)34-32(21-10-6-4-7-11-21,22-12-8-5-9-13-22)23-14-16-24(38-2)17-15-23;1-11(19(27)30-3)23-34(29,33-13-7-5-4-6-8-13)32-12(2)17-15(25)16(26)18(31-17)24-10-9-14(21)22-20(24)28;1-3-5-7-6-4-2;1-4-5(2)3/h4-20,26-29,31,36H,1-3H3,(H,33,34,37);4-12,15-18,25-26H,1-3H3,(H,23,29)(H2,21,22,28);1H,2H3;4H,1-3H2/t20-,26-,27-,28-,29-,31?;11-,12+,15-,16+,17+,18+,34?;;/m10../s1. The number of terminal acetylenes is 1. The molecule has 6 unspecified atom stereocenters. The lowest BCUT2D eigenvalue weighted by Crippen LogP contribution is -2.41. The SMILES string of the molecule is C#CC#CC#CC.COC(=O)[C@H](C)NP(=O)(Oc1ccccc1)O[C@H](C)[C@H]1O[C@@H](n2ccc(N)nc2=O)[C@H](O)[C@@H]1O.COc1ccc(C(Nc2ccn([C@@H]3O[C@H]([C@@H](C)O)[C@H]4OC(OC)O[C@H]43)c(=O)n2)(c2ccccc2)c2ccccc2)cc1.PPP(P)P. The Labute approximate surface area is 520 Å². The van der Waals surface area contributed by atoms with E-state index >= 15 is 0 Å². The van der Waals surface area contributed by atoms with Crippen LogP contribution in [0.15, 0.2) is 149 Å². The number of esters is 1. The molecule has 0 spiro atoms. The summed E-state index contributed by atoms with van der Waals surface area (Å²) in [5, 5.41) is 37.4. The van der Waals surface area contributed by atoms with Gasteiger partial charge in [0.1, 0.15) is 71.3 Å². The number of nitrogens with one attached hydrogen (secondary N) is 2. The number of benzene rings is 4. The number of nitrogens with two attached hydrogens (primary N) is 1. The van der Waals surface area contributed by atoms with Gasteiger partial charge in [0, 0.05) is 19.5 Å². The summed E-state index contributed by atoms with van der Waals surface area (Å²) >= 11 is 0. The molecule has 0 aliphatic carbocycles. The number of fused-ring (bicyclic) bond motifs is 1. The number of para-hydroxylation sites is 1. The number of aliphatic hydroxyl groups excluding tert-OH is 3. The fourth-order valence-corrected chi connectivity index (χ4v) is 11.0. The van der Waals surface area contributed by atoms with Crippen molar-refractivity contribution in [2.75, 3.05) is 32.4 Å². The minimum atomic E-state index is -4.25. The molecule has 3 aliphatic rings. The minimum Gasteiger partial charge on any atom is -0.497 e. The number of aliphatic hydroxyl groups is 3. The number of carbonyl (C=O) groups excluding carboxylic acids is 1. The van der Waals surface area contributed by atoms with Crippen LogP contribution < -0.4 is 36.8 Å². The van der Waals surface area contributed by atoms with Gasteiger partial charge < -0.3 is 64.1 Å². The normalized spacial score (nSPS) is 22.5. The van der Waals surface area contributed by atoms with Gasteiger partial charge in [0.05, 0.1) is 26.4 Å². The number of ether oxygens (including phenoxy) is 7. The molecule has 468 valence electrons. The van der Waals surface area contributed by atoms with Crippen molar-refractivity contribution in [3.63, 3.8) is 0 Å². The van der Waals surface area contributed by atoms with E-state index in [1.165, 1.54) is 57.0 Å². The van der Waals surface area contributed by atoms with E-state index in [0.29, 0.717) is 5.82 Å². The number of hydrogen-bond donors (Lipinski definition) is 6. The van der Waals surface area contributed by atoms with Crippen LogP contribution in [-0.4, -0.2) is 123 Å². The molecule has 3 fully saturated rings. The lowest BCUT2D eigenvalue weighted by molar-refractivity contribution is -0.260. The predicted molar refractivity (Wildman–Crippen MR) is 347 cm³/mol. The molecule has 7 N–H and O–H groups in total. The van der Waals surface area contributed by atoms with E-state index in [4.69, 9.17) is 49.6 Å². The molecule has 0 saturated carbocycles. The van der Waals surface area contributed by atoms with Crippen LogP contribution in [0.2, 0.25) is 0 Å². The van der Waals surface area contributed by atoms with E-state index < -0.39 is 104 Å². The molecule has 88 heavy (non-hydrogen) atoms. The third-order valence-corrected chi connectivity index (χ3v) is 27.0. The summed E-state index contributed by atoms with van der Waals surface area (Å²) in [5.74, 6) is 12.6. The molecular weight excluding hydrogens is 1250 g/mol. The fraction of sp³-hybridized carbons (Fsp3) is 0.339. The molecule has 9 rings (SSSR count). The van der Waals surface area contributed by atoms with Gasteiger partial charge in [-0.25, -0.2) is 14.2 Å². The van der Waals surface area contributed by atoms with E-state index in [1.54, 1.807) is 51.4 Å². The summed E-state index contributed by atoms with van der Waals surface area (Å²) in [4.78, 5) is 45.6. The van der Waals surface area contributed by atoms with Crippen LogP contribution in [0.5, 0.6) is 11.5 Å². The van der Waals surface area contributed by atoms with Gasteiger partial charge in [-0.1, -0.05) is 105 Å². The molecule has 3 aliphatic heterocycles. The van der Waals surface area contributed by atoms with Crippen molar-refractivity contribution in [3.8, 4) is 47.5 Å². The average Bonchev–Trinajstić information content (AvgIpc) is 1.26. The number of hydrogen-bond acceptors (Lipinski definition) is 20. The van der Waals surface area contributed by atoms with E-state index in [1.807, 2.05) is 84.9 Å². The van der Waals surface area contributed by atoms with Crippen molar-refractivity contribution in [3.05, 3.63) is 177 Å². The molecule has 29 heteroatoms. The summed E-state index contributed by atoms with van der Waals surface area (Å²) in [6, 6.07) is 37.9. The average molecular weight is 1320 g/mol. The van der Waals surface area contributed by atoms with Crippen molar-refractivity contribution in [2.45, 2.75) is 107 Å². The quantitative estimate of drug-likeness (QED) is 0.0208. The molecular formula is C59H71N7O16P6. The zero-order valence-electron chi connectivity index (χ0n) is 48.9. The third-order valence-electron chi connectivity index (χ3n) is 13.3. The molecule has 0 radical (unpaired) electrons. The Hall–Kier alpha value is -6.03. The smallest absolute Gasteiger partial charge is 0.459 e. The van der Waals surface area contributed by atoms with Crippen LogP contribution >= 0.6 is 49.5 Å². The Bertz CT molecular complexity index is 3510. The zero-order chi connectivity index (χ0) is 64.1. The number of anilines is 2. The van der Waals surface area contributed by atoms with E-state index in [0.717, 1.165) is 35.0 Å². The van der Waals surface area contributed by atoms with Crippen LogP contribution in [0, 0.1) is 36.0 Å². The van der Waals surface area contributed by atoms with Crippen molar-refractivity contribution < 1.29 is 66.9 Å². The topological polar surface area (TPSA) is 298 Å². The highest BCUT2D eigenvalue weighted by molar-refractivity contribution is 8.77. The molecule has 5 heterocycles. The maximum absolute atomic E-state index is 13.6.